The maximum atomic E-state index is 12.7. The van der Waals surface area contributed by atoms with E-state index in [9.17, 15) is 28.2 Å². The first kappa shape index (κ1) is 55.2. The van der Waals surface area contributed by atoms with Crippen LogP contribution in [0.3, 0.4) is 0 Å². The summed E-state index contributed by atoms with van der Waals surface area (Å²) in [7, 11) is -4.28. The van der Waals surface area contributed by atoms with Crippen LogP contribution in [0.15, 0.2) is 24.3 Å². The van der Waals surface area contributed by atoms with Crippen molar-refractivity contribution in [1.82, 2.24) is 9.62 Å². The van der Waals surface area contributed by atoms with Crippen LogP contribution >= 0.6 is 0 Å². The molecule has 57 heavy (non-hydrogen) atoms. The van der Waals surface area contributed by atoms with E-state index in [1.165, 1.54) is 89.9 Å². The van der Waals surface area contributed by atoms with Gasteiger partial charge in [0.1, 0.15) is 13.2 Å². The third-order valence-electron chi connectivity index (χ3n) is 9.97. The van der Waals surface area contributed by atoms with E-state index in [1.807, 2.05) is 0 Å². The molecule has 0 radical (unpaired) electrons. The molecule has 336 valence electrons. The van der Waals surface area contributed by atoms with Gasteiger partial charge in [0.2, 0.25) is 0 Å². The van der Waals surface area contributed by atoms with Gasteiger partial charge in [-0.05, 0) is 64.2 Å². The van der Waals surface area contributed by atoms with Crippen LogP contribution in [0, 0.1) is 0 Å². The molecule has 11 nitrogen and oxygen atoms in total. The first-order valence-corrected chi connectivity index (χ1v) is 24.4. The Morgan fingerprint density at radius 2 is 0.895 bits per heavy atom. The van der Waals surface area contributed by atoms with E-state index in [0.29, 0.717) is 12.8 Å². The molecule has 0 heterocycles. The molecule has 0 atom stereocenters. The van der Waals surface area contributed by atoms with Crippen molar-refractivity contribution in [3.8, 4) is 0 Å². The molecule has 0 aliphatic rings. The largest absolute Gasteiger partial charge is 0.464 e. The summed E-state index contributed by atoms with van der Waals surface area (Å²) < 4.78 is 43.7. The maximum Gasteiger partial charge on any atom is 0.336 e. The fourth-order valence-electron chi connectivity index (χ4n) is 6.46. The first-order chi connectivity index (χ1) is 27.8. The van der Waals surface area contributed by atoms with E-state index < -0.39 is 28.3 Å². The second kappa shape index (κ2) is 42.3. The van der Waals surface area contributed by atoms with Crippen molar-refractivity contribution in [3.63, 3.8) is 0 Å². The number of rotatable bonds is 44. The third kappa shape index (κ3) is 40.7. The Labute approximate surface area is 349 Å². The van der Waals surface area contributed by atoms with Gasteiger partial charge in [-0.1, -0.05) is 141 Å². The molecule has 0 saturated carbocycles. The predicted molar refractivity (Wildman–Crippen MR) is 233 cm³/mol. The van der Waals surface area contributed by atoms with Crippen LogP contribution in [-0.4, -0.2) is 94.2 Å². The van der Waals surface area contributed by atoms with Gasteiger partial charge in [-0.25, -0.2) is 0 Å². The Morgan fingerprint density at radius 1 is 0.544 bits per heavy atom. The van der Waals surface area contributed by atoms with Crippen LogP contribution in [0.4, 0.5) is 0 Å². The normalized spacial score (nSPS) is 12.2. The van der Waals surface area contributed by atoms with Gasteiger partial charge < -0.3 is 19.7 Å². The molecule has 0 bridgehead atoms. The molecule has 3 N–H and O–H groups in total. The van der Waals surface area contributed by atoms with Gasteiger partial charge in [-0.3, -0.25) is 18.7 Å². The Morgan fingerprint density at radius 3 is 1.26 bits per heavy atom. The van der Waals surface area contributed by atoms with Gasteiger partial charge in [0.15, 0.2) is 0 Å². The highest BCUT2D eigenvalue weighted by atomic mass is 32.2. The molecule has 0 aromatic heterocycles. The molecule has 0 rings (SSSR count). The topological polar surface area (TPSA) is 152 Å². The van der Waals surface area contributed by atoms with Gasteiger partial charge in [0.25, 0.3) is 0 Å². The molecule has 0 unspecified atom stereocenters. The van der Waals surface area contributed by atoms with Gasteiger partial charge in [-0.15, -0.1) is 0 Å². The predicted octanol–water partition coefficient (Wildman–Crippen LogP) is 9.65. The smallest absolute Gasteiger partial charge is 0.336 e. The average Bonchev–Trinajstić information content (AvgIpc) is 3.18. The van der Waals surface area contributed by atoms with Gasteiger partial charge in [0, 0.05) is 32.5 Å². The number of carbonyl (C=O) groups is 2. The monoisotopic (exact) mass is 831 g/mol. The van der Waals surface area contributed by atoms with Crippen LogP contribution < -0.4 is 4.72 Å². The standard InChI is InChI=1S/C45H86N2O9S/c1-3-5-7-9-11-13-15-17-19-21-23-25-27-29-31-33-44(50)54-41-43(46-57(52,53)56-40-37-47(35-38-48)36-39-49)42-55-45(51)34-32-30-28-26-24-22-20-18-16-14-12-10-8-6-4-2/h17-20,43,46,48-49H,3-16,21-42H2,1-2H3/b19-17-,20-18-. The Balaban J connectivity index is 4.50. The third-order valence-corrected chi connectivity index (χ3v) is 11.1. The number of unbranched alkanes of at least 4 members (excludes halogenated alkanes) is 22. The Bertz CT molecular complexity index is 1010. The zero-order chi connectivity index (χ0) is 41.9. The summed E-state index contributed by atoms with van der Waals surface area (Å²) in [6.45, 7) is 4.09. The van der Waals surface area contributed by atoms with Crippen molar-refractivity contribution in [2.24, 2.45) is 0 Å². The van der Waals surface area contributed by atoms with E-state index in [-0.39, 0.29) is 65.5 Å². The summed E-state index contributed by atoms with van der Waals surface area (Å²) in [5.41, 5.74) is 0. The fraction of sp³-hybridized carbons (Fsp3) is 0.867. The molecule has 0 amide bonds. The first-order valence-electron chi connectivity index (χ1n) is 23.0. The number of allylic oxidation sites excluding steroid dienone is 4. The highest BCUT2D eigenvalue weighted by Gasteiger charge is 2.22. The molecule has 0 aliphatic carbocycles. The summed E-state index contributed by atoms with van der Waals surface area (Å²) in [6.07, 6.45) is 39.8. The van der Waals surface area contributed by atoms with Crippen molar-refractivity contribution in [2.75, 3.05) is 52.7 Å². The number of nitrogens with zero attached hydrogens (tertiary/aromatic N) is 1. The van der Waals surface area contributed by atoms with Crippen LogP contribution in [0.2, 0.25) is 0 Å². The van der Waals surface area contributed by atoms with E-state index in [4.69, 9.17) is 13.7 Å². The minimum Gasteiger partial charge on any atom is -0.464 e. The summed E-state index contributed by atoms with van der Waals surface area (Å²) in [6, 6.07) is -1.02. The number of aliphatic hydroxyl groups excluding tert-OH is 2. The van der Waals surface area contributed by atoms with Crippen molar-refractivity contribution < 1.29 is 41.9 Å². The van der Waals surface area contributed by atoms with Gasteiger partial charge in [0.05, 0.1) is 25.9 Å². The number of esters is 2. The minimum atomic E-state index is -4.28. The lowest BCUT2D eigenvalue weighted by atomic mass is 10.1. The molecule has 12 heteroatoms. The lowest BCUT2D eigenvalue weighted by Gasteiger charge is -2.21. The average molecular weight is 831 g/mol. The molecule has 0 aliphatic heterocycles. The summed E-state index contributed by atoms with van der Waals surface area (Å²) in [4.78, 5) is 26.7. The number of ether oxygens (including phenoxy) is 2. The number of hydrogen-bond acceptors (Lipinski definition) is 10. The lowest BCUT2D eigenvalue weighted by molar-refractivity contribution is -0.147. The molecule has 0 aromatic carbocycles. The van der Waals surface area contributed by atoms with Gasteiger partial charge >= 0.3 is 22.2 Å². The fourth-order valence-corrected chi connectivity index (χ4v) is 7.37. The Kier molecular flexibility index (Phi) is 40.9. The molecular formula is C45H86N2O9S. The van der Waals surface area contributed by atoms with E-state index >= 15 is 0 Å². The van der Waals surface area contributed by atoms with Crippen LogP contribution in [0.5, 0.6) is 0 Å². The molecule has 0 aromatic rings. The molecular weight excluding hydrogens is 745 g/mol. The van der Waals surface area contributed by atoms with Crippen LogP contribution in [0.25, 0.3) is 0 Å². The summed E-state index contributed by atoms with van der Waals surface area (Å²) >= 11 is 0. The molecule has 0 spiro atoms. The Hall–Kier alpha value is -1.83. The van der Waals surface area contributed by atoms with Crippen molar-refractivity contribution in [3.05, 3.63) is 24.3 Å². The second-order valence-corrected chi connectivity index (χ2v) is 16.8. The van der Waals surface area contributed by atoms with Crippen molar-refractivity contribution >= 4 is 22.2 Å². The van der Waals surface area contributed by atoms with Crippen LogP contribution in [-0.2, 0) is 33.6 Å². The number of nitrogens with one attached hydrogen (secondary N) is 1. The van der Waals surface area contributed by atoms with Crippen molar-refractivity contribution in [1.29, 1.82) is 0 Å². The quantitative estimate of drug-likeness (QED) is 0.0308. The highest BCUT2D eigenvalue weighted by Crippen LogP contribution is 2.13. The summed E-state index contributed by atoms with van der Waals surface area (Å²) in [5, 5.41) is 18.4. The SMILES string of the molecule is CCCCCCCC/C=C\CCCCCCCC(=O)OCC(COC(=O)CCCCCCC/C=C\CCCCCCCC)NS(=O)(=O)OCCN(CCO)CCO. The zero-order valence-corrected chi connectivity index (χ0v) is 37.3. The van der Waals surface area contributed by atoms with E-state index in [2.05, 4.69) is 42.9 Å². The number of hydrogen-bond donors (Lipinski definition) is 3. The molecule has 0 saturated heterocycles. The van der Waals surface area contributed by atoms with E-state index in [1.54, 1.807) is 4.90 Å². The van der Waals surface area contributed by atoms with Gasteiger partial charge in [-0.2, -0.15) is 13.1 Å². The number of aliphatic hydroxyl groups is 2. The lowest BCUT2D eigenvalue weighted by Crippen LogP contribution is -2.44. The maximum absolute atomic E-state index is 12.7. The zero-order valence-electron chi connectivity index (χ0n) is 36.5. The molecule has 0 fully saturated rings. The highest BCUT2D eigenvalue weighted by molar-refractivity contribution is 7.84. The second-order valence-electron chi connectivity index (χ2n) is 15.4. The van der Waals surface area contributed by atoms with E-state index in [0.717, 1.165) is 64.2 Å². The number of carbonyl (C=O) groups excluding carboxylic acids is 2. The summed E-state index contributed by atoms with van der Waals surface area (Å²) in [5.74, 6) is -0.859. The van der Waals surface area contributed by atoms with Crippen molar-refractivity contribution in [2.45, 2.75) is 200 Å². The van der Waals surface area contributed by atoms with Crippen LogP contribution in [0.1, 0.15) is 194 Å². The minimum absolute atomic E-state index is 0.141.